The highest BCUT2D eigenvalue weighted by atomic mass is 16.5. The van der Waals surface area contributed by atoms with Crippen molar-refractivity contribution in [2.24, 2.45) is 0 Å². The number of hydrogen-bond acceptors (Lipinski definition) is 4. The molecule has 0 saturated carbocycles. The Labute approximate surface area is 159 Å². The number of benzene rings is 2. The molecule has 5 heteroatoms. The molecule has 140 valence electrons. The molecule has 27 heavy (non-hydrogen) atoms. The molecule has 1 N–H and O–H groups in total. The van der Waals surface area contributed by atoms with Crippen LogP contribution in [0, 0.1) is 6.92 Å². The van der Waals surface area contributed by atoms with E-state index >= 15 is 0 Å². The number of carbonyl (C=O) groups excluding carboxylic acids is 1. The Bertz CT molecular complexity index is 886. The van der Waals surface area contributed by atoms with E-state index in [1.165, 1.54) is 5.56 Å². The Morgan fingerprint density at radius 2 is 1.85 bits per heavy atom. The van der Waals surface area contributed by atoms with Crippen molar-refractivity contribution >= 4 is 5.91 Å². The Morgan fingerprint density at radius 1 is 1.15 bits per heavy atom. The lowest BCUT2D eigenvalue weighted by atomic mass is 10.1. The van der Waals surface area contributed by atoms with E-state index in [4.69, 9.17) is 9.26 Å². The molecule has 2 aromatic carbocycles. The van der Waals surface area contributed by atoms with E-state index < -0.39 is 0 Å². The van der Waals surface area contributed by atoms with E-state index in [0.717, 1.165) is 17.7 Å². The van der Waals surface area contributed by atoms with Gasteiger partial charge in [-0.15, -0.1) is 0 Å². The van der Waals surface area contributed by atoms with Gasteiger partial charge in [0.05, 0.1) is 11.6 Å². The number of amides is 1. The zero-order valence-corrected chi connectivity index (χ0v) is 15.9. The van der Waals surface area contributed by atoms with Gasteiger partial charge in [0, 0.05) is 0 Å². The fourth-order valence-corrected chi connectivity index (χ4v) is 2.81. The topological polar surface area (TPSA) is 64.4 Å². The Hall–Kier alpha value is -3.08. The average molecular weight is 364 g/mol. The summed E-state index contributed by atoms with van der Waals surface area (Å²) in [6, 6.07) is 17.6. The second-order valence-electron chi connectivity index (χ2n) is 6.46. The minimum Gasteiger partial charge on any atom is -0.489 e. The summed E-state index contributed by atoms with van der Waals surface area (Å²) in [6.07, 6.45) is 0.981. The van der Waals surface area contributed by atoms with Gasteiger partial charge in [0.1, 0.15) is 18.1 Å². The van der Waals surface area contributed by atoms with E-state index in [9.17, 15) is 4.79 Å². The van der Waals surface area contributed by atoms with E-state index in [0.29, 0.717) is 11.3 Å². The predicted octanol–water partition coefficient (Wildman–Crippen LogP) is 4.62. The molecular weight excluding hydrogens is 340 g/mol. The molecule has 0 saturated heterocycles. The normalized spacial score (nSPS) is 11.8. The van der Waals surface area contributed by atoms with Crippen molar-refractivity contribution in [1.29, 1.82) is 0 Å². The van der Waals surface area contributed by atoms with Crippen molar-refractivity contribution in [1.82, 2.24) is 10.5 Å². The average Bonchev–Trinajstić information content (AvgIpc) is 3.08. The maximum absolute atomic E-state index is 12.7. The first-order valence-electron chi connectivity index (χ1n) is 9.11. The van der Waals surface area contributed by atoms with E-state index in [-0.39, 0.29) is 24.2 Å². The number of ether oxygens (including phenoxy) is 1. The molecule has 0 aliphatic rings. The third-order valence-electron chi connectivity index (χ3n) is 4.56. The van der Waals surface area contributed by atoms with Gasteiger partial charge in [-0.1, -0.05) is 54.5 Å². The number of carbonyl (C=O) groups is 1. The first kappa shape index (κ1) is 18.7. The van der Waals surface area contributed by atoms with Gasteiger partial charge in [0.2, 0.25) is 0 Å². The highest BCUT2D eigenvalue weighted by molar-refractivity contribution is 5.94. The van der Waals surface area contributed by atoms with E-state index in [1.807, 2.05) is 61.5 Å². The molecule has 0 bridgehead atoms. The van der Waals surface area contributed by atoms with Gasteiger partial charge < -0.3 is 14.6 Å². The number of rotatable bonds is 7. The second-order valence-corrected chi connectivity index (χ2v) is 6.46. The lowest BCUT2D eigenvalue weighted by Crippen LogP contribution is -2.28. The maximum Gasteiger partial charge on any atom is 0.274 e. The van der Waals surface area contributed by atoms with Crippen LogP contribution in [-0.4, -0.2) is 11.1 Å². The van der Waals surface area contributed by atoms with Crippen LogP contribution in [0.5, 0.6) is 5.75 Å². The molecule has 0 aliphatic carbocycles. The molecule has 0 fully saturated rings. The molecule has 0 spiro atoms. The van der Waals surface area contributed by atoms with Crippen LogP contribution in [0.2, 0.25) is 0 Å². The largest absolute Gasteiger partial charge is 0.489 e. The molecule has 0 radical (unpaired) electrons. The van der Waals surface area contributed by atoms with E-state index in [2.05, 4.69) is 17.4 Å². The zero-order valence-electron chi connectivity index (χ0n) is 15.9. The lowest BCUT2D eigenvalue weighted by Gasteiger charge is -2.14. The van der Waals surface area contributed by atoms with Gasteiger partial charge in [-0.3, -0.25) is 4.79 Å². The van der Waals surface area contributed by atoms with Gasteiger partial charge >= 0.3 is 0 Å². The molecule has 5 nitrogen and oxygen atoms in total. The number of aryl methyl sites for hydroxylation is 2. The summed E-state index contributed by atoms with van der Waals surface area (Å²) in [5.74, 6) is 1.05. The predicted molar refractivity (Wildman–Crippen MR) is 104 cm³/mol. The summed E-state index contributed by atoms with van der Waals surface area (Å²) < 4.78 is 11.1. The second kappa shape index (κ2) is 8.54. The molecule has 0 aliphatic heterocycles. The van der Waals surface area contributed by atoms with Crippen molar-refractivity contribution in [2.45, 2.75) is 39.8 Å². The van der Waals surface area contributed by atoms with Crippen LogP contribution in [0.25, 0.3) is 0 Å². The molecule has 1 atom stereocenters. The van der Waals surface area contributed by atoms with Crippen molar-refractivity contribution < 1.29 is 14.1 Å². The van der Waals surface area contributed by atoms with Crippen molar-refractivity contribution in [3.05, 3.63) is 82.7 Å². The van der Waals surface area contributed by atoms with Crippen LogP contribution < -0.4 is 10.1 Å². The Balaban J connectivity index is 1.68. The van der Waals surface area contributed by atoms with Gasteiger partial charge in [0.25, 0.3) is 5.91 Å². The summed E-state index contributed by atoms with van der Waals surface area (Å²) >= 11 is 0. The van der Waals surface area contributed by atoms with Crippen molar-refractivity contribution in [3.63, 3.8) is 0 Å². The first-order valence-corrected chi connectivity index (χ1v) is 9.11. The fourth-order valence-electron chi connectivity index (χ4n) is 2.81. The van der Waals surface area contributed by atoms with Crippen LogP contribution in [0.3, 0.4) is 0 Å². The Morgan fingerprint density at radius 3 is 2.52 bits per heavy atom. The number of nitrogens with zero attached hydrogens (tertiary/aromatic N) is 1. The summed E-state index contributed by atoms with van der Waals surface area (Å²) in [5.41, 5.74) is 3.20. The minimum atomic E-state index is -0.275. The standard InChI is InChI=1S/C22H24N2O3/c1-4-17-10-12-19(13-11-17)26-14-20-16(3)27-24-21(20)22(25)23-15(2)18-8-6-5-7-9-18/h5-13,15H,4,14H2,1-3H3,(H,23,25). The quantitative estimate of drug-likeness (QED) is 0.665. The summed E-state index contributed by atoms with van der Waals surface area (Å²) in [6.45, 7) is 6.05. The van der Waals surface area contributed by atoms with Gasteiger partial charge in [-0.2, -0.15) is 0 Å². The van der Waals surface area contributed by atoms with Crippen LogP contribution >= 0.6 is 0 Å². The monoisotopic (exact) mass is 364 g/mol. The SMILES string of the molecule is CCc1ccc(OCc2c(C(=O)NC(C)c3ccccc3)noc2C)cc1. The Kier molecular flexibility index (Phi) is 5.91. The van der Waals surface area contributed by atoms with Crippen LogP contribution in [0.15, 0.2) is 59.1 Å². The molecule has 1 amide bonds. The fraction of sp³-hybridized carbons (Fsp3) is 0.273. The van der Waals surface area contributed by atoms with Crippen molar-refractivity contribution in [3.8, 4) is 5.75 Å². The maximum atomic E-state index is 12.7. The summed E-state index contributed by atoms with van der Waals surface area (Å²) in [4.78, 5) is 12.7. The summed E-state index contributed by atoms with van der Waals surface area (Å²) in [7, 11) is 0. The lowest BCUT2D eigenvalue weighted by molar-refractivity contribution is 0.0928. The molecule has 1 heterocycles. The number of aromatic nitrogens is 1. The molecule has 3 rings (SSSR count). The summed E-state index contributed by atoms with van der Waals surface area (Å²) in [5, 5.41) is 6.90. The number of hydrogen-bond donors (Lipinski definition) is 1. The van der Waals surface area contributed by atoms with Crippen LogP contribution in [0.4, 0.5) is 0 Å². The van der Waals surface area contributed by atoms with Crippen LogP contribution in [0.1, 0.15) is 52.8 Å². The van der Waals surface area contributed by atoms with Crippen molar-refractivity contribution in [2.75, 3.05) is 0 Å². The van der Waals surface area contributed by atoms with E-state index in [1.54, 1.807) is 6.92 Å². The molecule has 1 aromatic heterocycles. The third kappa shape index (κ3) is 4.56. The van der Waals surface area contributed by atoms with Gasteiger partial charge in [-0.25, -0.2) is 0 Å². The molecular formula is C22H24N2O3. The highest BCUT2D eigenvalue weighted by Crippen LogP contribution is 2.20. The molecule has 3 aromatic rings. The minimum absolute atomic E-state index is 0.133. The smallest absolute Gasteiger partial charge is 0.274 e. The molecule has 1 unspecified atom stereocenters. The zero-order chi connectivity index (χ0) is 19.2. The van der Waals surface area contributed by atoms with Gasteiger partial charge in [0.15, 0.2) is 5.69 Å². The third-order valence-corrected chi connectivity index (χ3v) is 4.56. The van der Waals surface area contributed by atoms with Crippen LogP contribution in [-0.2, 0) is 13.0 Å². The van der Waals surface area contributed by atoms with Gasteiger partial charge in [-0.05, 0) is 43.5 Å². The first-order chi connectivity index (χ1) is 13.1. The number of nitrogens with one attached hydrogen (secondary N) is 1. The highest BCUT2D eigenvalue weighted by Gasteiger charge is 2.22.